The van der Waals surface area contributed by atoms with Crippen molar-refractivity contribution in [3.05, 3.63) is 53.3 Å². The number of aryl methyl sites for hydroxylation is 2. The quantitative estimate of drug-likeness (QED) is 0.896. The fraction of sp³-hybridized carbons (Fsp3) is 0.353. The Hall–Kier alpha value is -2.03. The molecule has 0 saturated heterocycles. The molecule has 1 N–H and O–H groups in total. The van der Waals surface area contributed by atoms with Gasteiger partial charge in [-0.2, -0.15) is 0 Å². The van der Waals surface area contributed by atoms with Gasteiger partial charge in [0.15, 0.2) is 0 Å². The van der Waals surface area contributed by atoms with E-state index in [2.05, 4.69) is 54.2 Å². The van der Waals surface area contributed by atoms with Gasteiger partial charge in [-0.3, -0.25) is 4.99 Å². The minimum Gasteiger partial charge on any atom is -0.348 e. The van der Waals surface area contributed by atoms with E-state index in [-0.39, 0.29) is 0 Å². The Morgan fingerprint density at radius 3 is 2.70 bits per heavy atom. The Kier molecular flexibility index (Phi) is 3.59. The lowest BCUT2D eigenvalue weighted by Crippen LogP contribution is -2.20. The number of benzene rings is 1. The third-order valence-corrected chi connectivity index (χ3v) is 3.81. The average Bonchev–Trinajstić information content (AvgIpc) is 2.86. The largest absolute Gasteiger partial charge is 0.348 e. The first-order valence-corrected chi connectivity index (χ1v) is 7.41. The van der Waals surface area contributed by atoms with Gasteiger partial charge in [0.05, 0.1) is 17.9 Å². The molecule has 3 heteroatoms. The van der Waals surface area contributed by atoms with Crippen LogP contribution < -0.4 is 5.32 Å². The Labute approximate surface area is 120 Å². The first-order chi connectivity index (χ1) is 9.83. The van der Waals surface area contributed by atoms with Crippen LogP contribution >= 0.6 is 0 Å². The molecule has 3 nitrogen and oxygen atoms in total. The molecule has 1 aromatic carbocycles. The minimum atomic E-state index is 0.768. The van der Waals surface area contributed by atoms with Gasteiger partial charge in [0.2, 0.25) is 0 Å². The first kappa shape index (κ1) is 13.0. The van der Waals surface area contributed by atoms with Gasteiger partial charge in [0, 0.05) is 18.3 Å². The van der Waals surface area contributed by atoms with E-state index in [0.717, 1.165) is 30.9 Å². The van der Waals surface area contributed by atoms with Crippen LogP contribution in [0, 0.1) is 0 Å². The standard InChI is InChI=1S/C17H21N3/c1-3-8-14-12-20(4-2)15-11-18-17(19-16(14)15)13-9-6-5-7-10-13/h5-7,9-10,12H,3-4,8,11H2,1-2H3,(H,18,19). The van der Waals surface area contributed by atoms with Crippen LogP contribution in [0.25, 0.3) is 0 Å². The van der Waals surface area contributed by atoms with E-state index >= 15 is 0 Å². The number of nitrogens with zero attached hydrogens (tertiary/aromatic N) is 2. The fourth-order valence-corrected chi connectivity index (χ4v) is 2.79. The van der Waals surface area contributed by atoms with Crippen LogP contribution in [0.15, 0.2) is 41.5 Å². The van der Waals surface area contributed by atoms with Crippen molar-refractivity contribution in [3.63, 3.8) is 0 Å². The number of anilines is 1. The molecule has 0 atom stereocenters. The van der Waals surface area contributed by atoms with Crippen LogP contribution in [0.3, 0.4) is 0 Å². The third-order valence-electron chi connectivity index (χ3n) is 3.81. The molecule has 1 aliphatic rings. The molecule has 2 aromatic rings. The van der Waals surface area contributed by atoms with E-state index < -0.39 is 0 Å². The van der Waals surface area contributed by atoms with Crippen molar-refractivity contribution >= 4 is 11.5 Å². The maximum absolute atomic E-state index is 4.71. The third kappa shape index (κ3) is 2.24. The maximum atomic E-state index is 4.71. The Morgan fingerprint density at radius 1 is 1.20 bits per heavy atom. The number of aliphatic imine (C=N–C) groups is 1. The summed E-state index contributed by atoms with van der Waals surface area (Å²) in [7, 11) is 0. The topological polar surface area (TPSA) is 29.3 Å². The first-order valence-electron chi connectivity index (χ1n) is 7.41. The molecule has 1 aromatic heterocycles. The SMILES string of the molecule is CCCc1cn(CC)c2c1NC(c1ccccc1)=NC2. The molecule has 3 rings (SSSR count). The van der Waals surface area contributed by atoms with E-state index in [9.17, 15) is 0 Å². The van der Waals surface area contributed by atoms with Crippen LogP contribution in [0.1, 0.15) is 37.1 Å². The zero-order chi connectivity index (χ0) is 13.9. The zero-order valence-corrected chi connectivity index (χ0v) is 12.2. The highest BCUT2D eigenvalue weighted by molar-refractivity contribution is 6.09. The highest BCUT2D eigenvalue weighted by atomic mass is 15.1. The summed E-state index contributed by atoms with van der Waals surface area (Å²) in [6.45, 7) is 6.19. The number of rotatable bonds is 4. The number of nitrogens with one attached hydrogen (secondary N) is 1. The molecule has 0 radical (unpaired) electrons. The fourth-order valence-electron chi connectivity index (χ4n) is 2.79. The second kappa shape index (κ2) is 5.53. The van der Waals surface area contributed by atoms with E-state index in [0.29, 0.717) is 0 Å². The average molecular weight is 267 g/mol. The molecule has 0 spiro atoms. The summed E-state index contributed by atoms with van der Waals surface area (Å²) in [5.41, 5.74) is 5.16. The maximum Gasteiger partial charge on any atom is 0.133 e. The van der Waals surface area contributed by atoms with Crippen molar-refractivity contribution < 1.29 is 0 Å². The highest BCUT2D eigenvalue weighted by Gasteiger charge is 2.20. The number of hydrogen-bond donors (Lipinski definition) is 1. The summed E-state index contributed by atoms with van der Waals surface area (Å²) >= 11 is 0. The van der Waals surface area contributed by atoms with Gasteiger partial charge in [-0.05, 0) is 18.9 Å². The summed E-state index contributed by atoms with van der Waals surface area (Å²) in [5, 5.41) is 3.55. The van der Waals surface area contributed by atoms with Gasteiger partial charge < -0.3 is 9.88 Å². The lowest BCUT2D eigenvalue weighted by molar-refractivity contribution is 0.713. The molecular formula is C17H21N3. The van der Waals surface area contributed by atoms with Crippen molar-refractivity contribution in [1.82, 2.24) is 4.57 Å². The number of fused-ring (bicyclic) bond motifs is 1. The van der Waals surface area contributed by atoms with Crippen molar-refractivity contribution in [3.8, 4) is 0 Å². The van der Waals surface area contributed by atoms with Crippen molar-refractivity contribution in [2.24, 2.45) is 4.99 Å². The Morgan fingerprint density at radius 2 is 2.00 bits per heavy atom. The molecule has 0 saturated carbocycles. The molecule has 104 valence electrons. The molecule has 20 heavy (non-hydrogen) atoms. The van der Waals surface area contributed by atoms with Gasteiger partial charge in [-0.25, -0.2) is 0 Å². The van der Waals surface area contributed by atoms with Crippen LogP contribution in [0.2, 0.25) is 0 Å². The monoisotopic (exact) mass is 267 g/mol. The summed E-state index contributed by atoms with van der Waals surface area (Å²) in [5.74, 6) is 0.990. The predicted molar refractivity (Wildman–Crippen MR) is 84.4 cm³/mol. The van der Waals surface area contributed by atoms with Gasteiger partial charge in [-0.1, -0.05) is 43.7 Å². The van der Waals surface area contributed by atoms with Gasteiger partial charge in [-0.15, -0.1) is 0 Å². The van der Waals surface area contributed by atoms with E-state index in [4.69, 9.17) is 4.99 Å². The van der Waals surface area contributed by atoms with E-state index in [1.807, 2.05) is 6.07 Å². The minimum absolute atomic E-state index is 0.768. The van der Waals surface area contributed by atoms with Crippen molar-refractivity contribution in [2.75, 3.05) is 5.32 Å². The van der Waals surface area contributed by atoms with Crippen LogP contribution in [-0.4, -0.2) is 10.4 Å². The predicted octanol–water partition coefficient (Wildman–Crippen LogP) is 3.83. The molecule has 1 aliphatic heterocycles. The normalized spacial score (nSPS) is 13.6. The molecule has 0 bridgehead atoms. The molecule has 0 unspecified atom stereocenters. The summed E-state index contributed by atoms with van der Waals surface area (Å²) < 4.78 is 2.32. The number of amidine groups is 1. The Balaban J connectivity index is 1.96. The second-order valence-corrected chi connectivity index (χ2v) is 5.17. The molecule has 0 aliphatic carbocycles. The van der Waals surface area contributed by atoms with E-state index in [1.54, 1.807) is 0 Å². The lowest BCUT2D eigenvalue weighted by Gasteiger charge is -2.18. The number of aromatic nitrogens is 1. The molecule has 0 amide bonds. The summed E-state index contributed by atoms with van der Waals surface area (Å²) in [4.78, 5) is 4.71. The van der Waals surface area contributed by atoms with Crippen molar-refractivity contribution in [1.29, 1.82) is 0 Å². The molecule has 2 heterocycles. The second-order valence-electron chi connectivity index (χ2n) is 5.17. The van der Waals surface area contributed by atoms with E-state index in [1.165, 1.54) is 23.4 Å². The number of hydrogen-bond acceptors (Lipinski definition) is 2. The van der Waals surface area contributed by atoms with Crippen LogP contribution in [-0.2, 0) is 19.5 Å². The van der Waals surface area contributed by atoms with Gasteiger partial charge >= 0.3 is 0 Å². The lowest BCUT2D eigenvalue weighted by atomic mass is 10.1. The Bertz CT molecular complexity index is 623. The summed E-state index contributed by atoms with van der Waals surface area (Å²) in [6.07, 6.45) is 4.56. The van der Waals surface area contributed by atoms with Gasteiger partial charge in [0.1, 0.15) is 5.84 Å². The smallest absolute Gasteiger partial charge is 0.133 e. The van der Waals surface area contributed by atoms with Crippen LogP contribution in [0.4, 0.5) is 5.69 Å². The van der Waals surface area contributed by atoms with Crippen molar-refractivity contribution in [2.45, 2.75) is 39.8 Å². The summed E-state index contributed by atoms with van der Waals surface area (Å²) in [6, 6.07) is 10.4. The highest BCUT2D eigenvalue weighted by Crippen LogP contribution is 2.29. The van der Waals surface area contributed by atoms with Crippen LogP contribution in [0.5, 0.6) is 0 Å². The van der Waals surface area contributed by atoms with Gasteiger partial charge in [0.25, 0.3) is 0 Å². The molecular weight excluding hydrogens is 246 g/mol. The zero-order valence-electron chi connectivity index (χ0n) is 12.2. The molecule has 0 fully saturated rings.